The lowest BCUT2D eigenvalue weighted by Crippen LogP contribution is -2.17. The second-order valence-corrected chi connectivity index (χ2v) is 5.17. The van der Waals surface area contributed by atoms with E-state index in [9.17, 15) is 9.18 Å². The van der Waals surface area contributed by atoms with Crippen LogP contribution in [-0.2, 0) is 6.54 Å². The Labute approximate surface area is 120 Å². The van der Waals surface area contributed by atoms with Crippen molar-refractivity contribution in [2.45, 2.75) is 6.54 Å². The Morgan fingerprint density at radius 3 is 2.68 bits per heavy atom. The topological polar surface area (TPSA) is 20.3 Å². The number of rotatable bonds is 4. The highest BCUT2D eigenvalue weighted by molar-refractivity contribution is 9.10. The maximum Gasteiger partial charge on any atom is 0.150 e. The van der Waals surface area contributed by atoms with Crippen molar-refractivity contribution in [1.29, 1.82) is 0 Å². The van der Waals surface area contributed by atoms with E-state index in [1.165, 1.54) is 12.1 Å². The highest BCUT2D eigenvalue weighted by Gasteiger charge is 2.07. The van der Waals surface area contributed by atoms with Gasteiger partial charge in [0, 0.05) is 23.6 Å². The van der Waals surface area contributed by atoms with E-state index in [0.717, 1.165) is 22.0 Å². The zero-order valence-electron chi connectivity index (χ0n) is 10.4. The van der Waals surface area contributed by atoms with Crippen molar-refractivity contribution in [2.75, 3.05) is 11.9 Å². The monoisotopic (exact) mass is 321 g/mol. The van der Waals surface area contributed by atoms with Crippen molar-refractivity contribution < 1.29 is 9.18 Å². The molecule has 0 heterocycles. The fourth-order valence-electron chi connectivity index (χ4n) is 1.90. The first-order valence-corrected chi connectivity index (χ1v) is 6.60. The van der Waals surface area contributed by atoms with Crippen LogP contribution < -0.4 is 4.90 Å². The Morgan fingerprint density at radius 1 is 1.26 bits per heavy atom. The van der Waals surface area contributed by atoms with Crippen LogP contribution in [0, 0.1) is 5.82 Å². The summed E-state index contributed by atoms with van der Waals surface area (Å²) >= 11 is 3.44. The van der Waals surface area contributed by atoms with Gasteiger partial charge in [0.25, 0.3) is 0 Å². The van der Waals surface area contributed by atoms with Crippen molar-refractivity contribution in [1.82, 2.24) is 0 Å². The molecule has 0 saturated carbocycles. The van der Waals surface area contributed by atoms with Crippen LogP contribution in [-0.4, -0.2) is 13.3 Å². The largest absolute Gasteiger partial charge is 0.369 e. The first-order chi connectivity index (χ1) is 9.10. The van der Waals surface area contributed by atoms with Crippen LogP contribution in [0.1, 0.15) is 15.9 Å². The molecule has 0 fully saturated rings. The van der Waals surface area contributed by atoms with E-state index in [0.29, 0.717) is 12.1 Å². The molecular weight excluding hydrogens is 309 g/mol. The van der Waals surface area contributed by atoms with E-state index in [1.807, 2.05) is 24.1 Å². The maximum atomic E-state index is 13.1. The second kappa shape index (κ2) is 5.97. The van der Waals surface area contributed by atoms with Crippen molar-refractivity contribution in [3.63, 3.8) is 0 Å². The van der Waals surface area contributed by atoms with Gasteiger partial charge in [-0.2, -0.15) is 0 Å². The minimum atomic E-state index is -0.235. The van der Waals surface area contributed by atoms with Crippen LogP contribution in [0.4, 0.5) is 10.1 Å². The quantitative estimate of drug-likeness (QED) is 0.792. The molecule has 2 aromatic carbocycles. The second-order valence-electron chi connectivity index (χ2n) is 4.31. The molecule has 0 aliphatic rings. The van der Waals surface area contributed by atoms with E-state index in [1.54, 1.807) is 18.2 Å². The Hall–Kier alpha value is -1.68. The Balaban J connectivity index is 2.20. The predicted molar refractivity (Wildman–Crippen MR) is 78.0 cm³/mol. The van der Waals surface area contributed by atoms with Crippen LogP contribution in [0.15, 0.2) is 46.9 Å². The zero-order valence-corrected chi connectivity index (χ0v) is 12.0. The summed E-state index contributed by atoms with van der Waals surface area (Å²) in [6.07, 6.45) is 0.807. The number of carbonyl (C=O) groups is 1. The van der Waals surface area contributed by atoms with Gasteiger partial charge >= 0.3 is 0 Å². The standard InChI is InChI=1S/C15H13BrFNO/c1-18(9-11-3-2-4-13(17)7-11)15-6-5-12(10-19)8-14(15)16/h2-8,10H,9H2,1H3. The molecule has 0 saturated heterocycles. The van der Waals surface area contributed by atoms with Crippen LogP contribution in [0.25, 0.3) is 0 Å². The molecule has 0 aliphatic carbocycles. The summed E-state index contributed by atoms with van der Waals surface area (Å²) in [5, 5.41) is 0. The summed E-state index contributed by atoms with van der Waals surface area (Å²) < 4.78 is 14.0. The molecule has 2 aromatic rings. The molecule has 0 unspecified atom stereocenters. The molecule has 0 amide bonds. The van der Waals surface area contributed by atoms with Gasteiger partial charge in [0.2, 0.25) is 0 Å². The van der Waals surface area contributed by atoms with E-state index < -0.39 is 0 Å². The average molecular weight is 322 g/mol. The number of carbonyl (C=O) groups excluding carboxylic acids is 1. The summed E-state index contributed by atoms with van der Waals surface area (Å²) in [7, 11) is 1.92. The Bertz CT molecular complexity index is 600. The first-order valence-electron chi connectivity index (χ1n) is 5.80. The van der Waals surface area contributed by atoms with Crippen LogP contribution in [0.2, 0.25) is 0 Å². The summed E-state index contributed by atoms with van der Waals surface area (Å²) in [5.41, 5.74) is 2.47. The van der Waals surface area contributed by atoms with Crippen LogP contribution in [0.5, 0.6) is 0 Å². The minimum absolute atomic E-state index is 0.235. The van der Waals surface area contributed by atoms with Crippen LogP contribution >= 0.6 is 15.9 Å². The molecule has 98 valence electrons. The molecule has 2 rings (SSSR count). The number of aldehydes is 1. The number of halogens is 2. The maximum absolute atomic E-state index is 13.1. The molecule has 0 atom stereocenters. The molecule has 0 aromatic heterocycles. The third-order valence-electron chi connectivity index (χ3n) is 2.83. The van der Waals surface area contributed by atoms with Gasteiger partial charge < -0.3 is 4.90 Å². The summed E-state index contributed by atoms with van der Waals surface area (Å²) in [6, 6.07) is 11.9. The van der Waals surface area contributed by atoms with Gasteiger partial charge in [-0.1, -0.05) is 12.1 Å². The summed E-state index contributed by atoms with van der Waals surface area (Å²) in [4.78, 5) is 12.7. The van der Waals surface area contributed by atoms with Gasteiger partial charge in [0.1, 0.15) is 12.1 Å². The number of benzene rings is 2. The molecule has 19 heavy (non-hydrogen) atoms. The zero-order chi connectivity index (χ0) is 13.8. The van der Waals surface area contributed by atoms with Crippen molar-refractivity contribution >= 4 is 27.9 Å². The van der Waals surface area contributed by atoms with Gasteiger partial charge in [-0.05, 0) is 51.8 Å². The molecule has 4 heteroatoms. The number of hydrogen-bond acceptors (Lipinski definition) is 2. The molecular formula is C15H13BrFNO. The molecule has 0 bridgehead atoms. The molecule has 2 nitrogen and oxygen atoms in total. The fraction of sp³-hybridized carbons (Fsp3) is 0.133. The van der Waals surface area contributed by atoms with E-state index >= 15 is 0 Å². The lowest BCUT2D eigenvalue weighted by Gasteiger charge is -2.21. The van der Waals surface area contributed by atoms with Gasteiger partial charge in [-0.25, -0.2) is 4.39 Å². The lowest BCUT2D eigenvalue weighted by molar-refractivity contribution is 0.112. The number of nitrogens with zero attached hydrogens (tertiary/aromatic N) is 1. The average Bonchev–Trinajstić information content (AvgIpc) is 2.38. The van der Waals surface area contributed by atoms with E-state index in [-0.39, 0.29) is 5.82 Å². The summed E-state index contributed by atoms with van der Waals surface area (Å²) in [6.45, 7) is 0.594. The molecule has 0 N–H and O–H groups in total. The SMILES string of the molecule is CN(Cc1cccc(F)c1)c1ccc(C=O)cc1Br. The third kappa shape index (κ3) is 3.41. The van der Waals surface area contributed by atoms with E-state index in [2.05, 4.69) is 15.9 Å². The highest BCUT2D eigenvalue weighted by Crippen LogP contribution is 2.27. The van der Waals surface area contributed by atoms with Gasteiger partial charge in [-0.15, -0.1) is 0 Å². The Morgan fingerprint density at radius 2 is 2.05 bits per heavy atom. The van der Waals surface area contributed by atoms with Crippen LogP contribution in [0.3, 0.4) is 0 Å². The lowest BCUT2D eigenvalue weighted by atomic mass is 10.2. The van der Waals surface area contributed by atoms with Crippen molar-refractivity contribution in [3.05, 3.63) is 63.9 Å². The molecule has 0 aliphatic heterocycles. The minimum Gasteiger partial charge on any atom is -0.369 e. The van der Waals surface area contributed by atoms with Crippen molar-refractivity contribution in [3.8, 4) is 0 Å². The fourth-order valence-corrected chi connectivity index (χ4v) is 2.60. The first kappa shape index (κ1) is 13.7. The molecule has 0 spiro atoms. The predicted octanol–water partition coefficient (Wildman–Crippen LogP) is 4.04. The normalized spacial score (nSPS) is 10.3. The van der Waals surface area contributed by atoms with E-state index in [4.69, 9.17) is 0 Å². The van der Waals surface area contributed by atoms with Gasteiger partial charge in [0.15, 0.2) is 0 Å². The van der Waals surface area contributed by atoms with Crippen molar-refractivity contribution in [2.24, 2.45) is 0 Å². The third-order valence-corrected chi connectivity index (χ3v) is 3.46. The number of anilines is 1. The smallest absolute Gasteiger partial charge is 0.150 e. The molecule has 0 radical (unpaired) electrons. The highest BCUT2D eigenvalue weighted by atomic mass is 79.9. The summed E-state index contributed by atoms with van der Waals surface area (Å²) in [5.74, 6) is -0.235. The van der Waals surface area contributed by atoms with Gasteiger partial charge in [0.05, 0.1) is 5.69 Å². The van der Waals surface area contributed by atoms with Gasteiger partial charge in [-0.3, -0.25) is 4.79 Å². The Kier molecular flexibility index (Phi) is 4.32. The number of hydrogen-bond donors (Lipinski definition) is 0.